The van der Waals surface area contributed by atoms with Gasteiger partial charge in [0.2, 0.25) is 0 Å². The molecule has 0 amide bonds. The SMILES string of the molecule is C=CC/C(C)=C/Cc1c(C)c2c(c(C)c1OC)COC2=O.C=Cc1c(C)c2c(c(C)c1OC)COC2=O.CCCC(C)CCc1c(C)c2c(c(C)c1OC)COC2=O.CCc1c(C)c2c(c(C)c1OC)COC2=O.COc1c(C)c2c(c(C)c1CCC(C)C)C(=O)OC2. The molecule has 0 radical (unpaired) electrons. The lowest BCUT2D eigenvalue weighted by atomic mass is 9.88. The molecule has 5 aromatic rings. The van der Waals surface area contributed by atoms with Crippen LogP contribution in [0.1, 0.15) is 237 Å². The predicted octanol–water partition coefficient (Wildman–Crippen LogP) is 17.1. The fraction of sp³-hybridized carbons (Fsp3) is 0.474. The number of esters is 5. The van der Waals surface area contributed by atoms with Crippen LogP contribution in [-0.4, -0.2) is 65.4 Å². The standard InChI is InChI=1S/C18H26O3.C18H22O3.C16H22O3.C13H16O3.C13H14O3/c2*1-6-7-11(2)8-9-14-12(3)16-15(10-21-18(16)19)13(4)17(14)20-5;1-9(2)6-7-12-10(3)14-13(8-19-16(14)17)11(4)15(12)18-5;2*1-5-9-7(2)11-10(6-16-13(11)14)8(3)12(9)15-4/h11H,6-10H2,1-5H3;6,8H,1,7,9-10H2,2-5H3;9H,6-8H2,1-5H3;5-6H2,1-4H3;5H,1,6H2,2-4H3/b;11-8+;;;. The fourth-order valence-electron chi connectivity index (χ4n) is 13.7. The van der Waals surface area contributed by atoms with Crippen molar-refractivity contribution in [3.63, 3.8) is 0 Å². The van der Waals surface area contributed by atoms with Crippen LogP contribution in [0.25, 0.3) is 6.08 Å². The van der Waals surface area contributed by atoms with E-state index in [0.717, 1.165) is 202 Å². The number of carbonyl (C=O) groups excluding carboxylic acids is 5. The molecule has 5 aliphatic rings. The lowest BCUT2D eigenvalue weighted by Gasteiger charge is -2.19. The predicted molar refractivity (Wildman–Crippen MR) is 365 cm³/mol. The summed E-state index contributed by atoms with van der Waals surface area (Å²) in [7, 11) is 8.38. The Balaban J connectivity index is 0.000000185. The molecule has 502 valence electrons. The van der Waals surface area contributed by atoms with Gasteiger partial charge in [0.15, 0.2) is 0 Å². The lowest BCUT2D eigenvalue weighted by molar-refractivity contribution is 0.0525. The van der Waals surface area contributed by atoms with Crippen LogP contribution < -0.4 is 23.7 Å². The van der Waals surface area contributed by atoms with Gasteiger partial charge in [-0.2, -0.15) is 0 Å². The highest BCUT2D eigenvalue weighted by Gasteiger charge is 2.35. The molecule has 5 heterocycles. The number of cyclic esters (lactones) is 5. The normalized spacial score (nSPS) is 13.9. The van der Waals surface area contributed by atoms with Crippen LogP contribution in [0.15, 0.2) is 30.9 Å². The molecule has 0 saturated carbocycles. The molecule has 5 aliphatic heterocycles. The summed E-state index contributed by atoms with van der Waals surface area (Å²) in [6, 6.07) is 0. The average Bonchev–Trinajstić information content (AvgIpc) is 1.77. The van der Waals surface area contributed by atoms with Crippen molar-refractivity contribution in [2.75, 3.05) is 35.5 Å². The molecule has 0 bridgehead atoms. The molecule has 1 unspecified atom stereocenters. The Kier molecular flexibility index (Phi) is 25.8. The van der Waals surface area contributed by atoms with Gasteiger partial charge < -0.3 is 47.4 Å². The Labute approximate surface area is 552 Å². The van der Waals surface area contributed by atoms with Crippen molar-refractivity contribution in [2.45, 2.75) is 202 Å². The van der Waals surface area contributed by atoms with E-state index in [1.807, 2.05) is 75.3 Å². The minimum atomic E-state index is -0.249. The van der Waals surface area contributed by atoms with Crippen molar-refractivity contribution in [2.24, 2.45) is 11.8 Å². The van der Waals surface area contributed by atoms with Gasteiger partial charge in [-0.15, -0.1) is 6.58 Å². The number of fused-ring (bicyclic) bond motifs is 5. The minimum absolute atomic E-state index is 0.184. The van der Waals surface area contributed by atoms with Gasteiger partial charge in [-0.1, -0.05) is 77.8 Å². The molecule has 0 fully saturated rings. The molecule has 15 nitrogen and oxygen atoms in total. The molecule has 15 heteroatoms. The van der Waals surface area contributed by atoms with Crippen LogP contribution in [0.5, 0.6) is 28.7 Å². The Hall–Kier alpha value is -8.33. The fourth-order valence-corrected chi connectivity index (χ4v) is 13.7. The molecular formula is C78H100O15. The highest BCUT2D eigenvalue weighted by Crippen LogP contribution is 2.43. The molecule has 0 N–H and O–H groups in total. The number of hydrogen-bond acceptors (Lipinski definition) is 15. The van der Waals surface area contributed by atoms with Crippen LogP contribution in [0, 0.1) is 81.1 Å². The maximum Gasteiger partial charge on any atom is 0.339 e. The lowest BCUT2D eigenvalue weighted by Crippen LogP contribution is -2.08. The summed E-state index contributed by atoms with van der Waals surface area (Å²) >= 11 is 0. The molecule has 5 aromatic carbocycles. The Morgan fingerprint density at radius 1 is 0.430 bits per heavy atom. The highest BCUT2D eigenvalue weighted by atomic mass is 16.6. The molecule has 0 saturated heterocycles. The molecular weight excluding hydrogens is 1180 g/mol. The summed E-state index contributed by atoms with van der Waals surface area (Å²) in [5.41, 5.74) is 25.2. The summed E-state index contributed by atoms with van der Waals surface area (Å²) < 4.78 is 53.3. The van der Waals surface area contributed by atoms with Crippen molar-refractivity contribution < 1.29 is 71.3 Å². The van der Waals surface area contributed by atoms with Crippen molar-refractivity contribution >= 4 is 35.9 Å². The third-order valence-corrected chi connectivity index (χ3v) is 19.0. The summed E-state index contributed by atoms with van der Waals surface area (Å²) in [6.45, 7) is 42.2. The van der Waals surface area contributed by atoms with E-state index in [1.54, 1.807) is 41.6 Å². The first-order valence-electron chi connectivity index (χ1n) is 32.4. The van der Waals surface area contributed by atoms with E-state index in [9.17, 15) is 24.0 Å². The third-order valence-electron chi connectivity index (χ3n) is 19.0. The van der Waals surface area contributed by atoms with E-state index in [2.05, 4.69) is 60.8 Å². The van der Waals surface area contributed by atoms with Crippen LogP contribution in [0.2, 0.25) is 0 Å². The molecule has 0 aliphatic carbocycles. The van der Waals surface area contributed by atoms with Gasteiger partial charge >= 0.3 is 29.8 Å². The zero-order valence-corrected chi connectivity index (χ0v) is 59.3. The van der Waals surface area contributed by atoms with E-state index in [4.69, 9.17) is 47.4 Å². The molecule has 0 aromatic heterocycles. The van der Waals surface area contributed by atoms with Crippen LogP contribution >= 0.6 is 0 Å². The van der Waals surface area contributed by atoms with Crippen LogP contribution in [0.4, 0.5) is 0 Å². The van der Waals surface area contributed by atoms with E-state index in [0.29, 0.717) is 50.4 Å². The second kappa shape index (κ2) is 32.5. The third kappa shape index (κ3) is 15.2. The molecule has 1 atom stereocenters. The maximum absolute atomic E-state index is 12.0. The van der Waals surface area contributed by atoms with Crippen LogP contribution in [0.3, 0.4) is 0 Å². The summed E-state index contributed by atoms with van der Waals surface area (Å²) in [5, 5.41) is 0. The van der Waals surface area contributed by atoms with Gasteiger partial charge in [0, 0.05) is 38.9 Å². The van der Waals surface area contributed by atoms with Gasteiger partial charge in [-0.05, 0) is 205 Å². The van der Waals surface area contributed by atoms with Crippen molar-refractivity contribution in [3.05, 3.63) is 170 Å². The van der Waals surface area contributed by atoms with E-state index < -0.39 is 0 Å². The Bertz CT molecular complexity index is 3750. The van der Waals surface area contributed by atoms with E-state index >= 15 is 0 Å². The van der Waals surface area contributed by atoms with Gasteiger partial charge in [-0.3, -0.25) is 0 Å². The zero-order valence-electron chi connectivity index (χ0n) is 59.3. The average molecular weight is 1280 g/mol. The van der Waals surface area contributed by atoms with E-state index in [-0.39, 0.29) is 29.8 Å². The van der Waals surface area contributed by atoms with Gasteiger partial charge in [0.1, 0.15) is 61.8 Å². The Morgan fingerprint density at radius 2 is 0.742 bits per heavy atom. The monoisotopic (exact) mass is 1280 g/mol. The first kappa shape index (κ1) is 73.7. The highest BCUT2D eigenvalue weighted by molar-refractivity contribution is 5.99. The maximum atomic E-state index is 12.0. The van der Waals surface area contributed by atoms with Crippen molar-refractivity contribution in [1.29, 1.82) is 0 Å². The van der Waals surface area contributed by atoms with Gasteiger partial charge in [-0.25, -0.2) is 24.0 Å². The Morgan fingerprint density at radius 3 is 1.06 bits per heavy atom. The minimum Gasteiger partial charge on any atom is -0.496 e. The molecule has 0 spiro atoms. The largest absolute Gasteiger partial charge is 0.496 e. The quantitative estimate of drug-likeness (QED) is 0.0433. The van der Waals surface area contributed by atoms with Crippen molar-refractivity contribution in [3.8, 4) is 28.7 Å². The topological polar surface area (TPSA) is 178 Å². The van der Waals surface area contributed by atoms with Gasteiger partial charge in [0.05, 0.1) is 63.4 Å². The second-order valence-electron chi connectivity index (χ2n) is 25.1. The first-order valence-corrected chi connectivity index (χ1v) is 32.4. The van der Waals surface area contributed by atoms with Crippen LogP contribution in [-0.2, 0) is 82.4 Å². The summed E-state index contributed by atoms with van der Waals surface area (Å²) in [4.78, 5) is 59.0. The number of benzene rings is 5. The first-order chi connectivity index (χ1) is 44.2. The second-order valence-corrected chi connectivity index (χ2v) is 25.1. The smallest absolute Gasteiger partial charge is 0.339 e. The number of carbonyl (C=O) groups is 5. The number of ether oxygens (including phenoxy) is 10. The van der Waals surface area contributed by atoms with Gasteiger partial charge in [0.25, 0.3) is 0 Å². The number of rotatable bonds is 19. The zero-order chi connectivity index (χ0) is 69.0. The van der Waals surface area contributed by atoms with Crippen molar-refractivity contribution in [1.82, 2.24) is 0 Å². The molecule has 10 rings (SSSR count). The summed E-state index contributed by atoms with van der Waals surface area (Å²) in [6.07, 6.45) is 14.8. The number of hydrogen-bond donors (Lipinski definition) is 0. The number of methoxy groups -OCH3 is 5. The summed E-state index contributed by atoms with van der Waals surface area (Å²) in [5.74, 6) is 4.69. The van der Waals surface area contributed by atoms with E-state index in [1.165, 1.54) is 24.0 Å². The number of allylic oxidation sites excluding steroid dienone is 3. The molecule has 93 heavy (non-hydrogen) atoms.